The van der Waals surface area contributed by atoms with Crippen molar-refractivity contribution in [2.24, 2.45) is 0 Å². The highest BCUT2D eigenvalue weighted by Gasteiger charge is 2.11. The Morgan fingerprint density at radius 3 is 2.57 bits per heavy atom. The number of hydrogen-bond donors (Lipinski definition) is 0. The Morgan fingerprint density at radius 1 is 1.29 bits per heavy atom. The van der Waals surface area contributed by atoms with Crippen LogP contribution in [0.25, 0.3) is 0 Å². The Morgan fingerprint density at radius 2 is 2.00 bits per heavy atom. The number of oxazole rings is 1. The van der Waals surface area contributed by atoms with Crippen molar-refractivity contribution in [3.05, 3.63) is 17.8 Å². The molecule has 2 rings (SSSR count). The van der Waals surface area contributed by atoms with Gasteiger partial charge in [-0.1, -0.05) is 12.8 Å². The largest absolute Gasteiger partial charge is 0.447 e. The lowest BCUT2D eigenvalue weighted by Gasteiger charge is -2.16. The minimum absolute atomic E-state index is 0.865. The molecule has 14 heavy (non-hydrogen) atoms. The molecule has 1 aromatic rings. The highest BCUT2D eigenvalue weighted by molar-refractivity contribution is 4.92. The summed E-state index contributed by atoms with van der Waals surface area (Å²) in [6, 6.07) is 0. The second-order valence-electron chi connectivity index (χ2n) is 4.07. The van der Waals surface area contributed by atoms with Crippen LogP contribution >= 0.6 is 0 Å². The number of likely N-dealkylation sites (tertiary alicyclic amines) is 1. The van der Waals surface area contributed by atoms with Crippen LogP contribution in [0.1, 0.15) is 37.3 Å². The van der Waals surface area contributed by atoms with Crippen LogP contribution in [0.15, 0.2) is 10.7 Å². The van der Waals surface area contributed by atoms with Crippen molar-refractivity contribution in [3.63, 3.8) is 0 Å². The van der Waals surface area contributed by atoms with Crippen LogP contribution in [0, 0.1) is 6.92 Å². The van der Waals surface area contributed by atoms with E-state index in [1.807, 2.05) is 6.92 Å². The normalized spacial score (nSPS) is 19.5. The van der Waals surface area contributed by atoms with Gasteiger partial charge >= 0.3 is 0 Å². The molecular formula is C11H18N2O. The molecule has 0 atom stereocenters. The van der Waals surface area contributed by atoms with E-state index >= 15 is 0 Å². The predicted octanol–water partition coefficient (Wildman–Crippen LogP) is 2.36. The van der Waals surface area contributed by atoms with E-state index in [0.29, 0.717) is 0 Å². The van der Waals surface area contributed by atoms with Gasteiger partial charge in [0.1, 0.15) is 6.26 Å². The Hall–Kier alpha value is -0.830. The van der Waals surface area contributed by atoms with Crippen LogP contribution in [-0.4, -0.2) is 23.0 Å². The lowest BCUT2D eigenvalue weighted by atomic mass is 10.2. The van der Waals surface area contributed by atoms with Crippen LogP contribution in [-0.2, 0) is 6.54 Å². The SMILES string of the molecule is Cc1coc(CN2CCCCCC2)n1. The van der Waals surface area contributed by atoms with E-state index < -0.39 is 0 Å². The van der Waals surface area contributed by atoms with Gasteiger partial charge in [-0.25, -0.2) is 4.98 Å². The van der Waals surface area contributed by atoms with Gasteiger partial charge in [0, 0.05) is 0 Å². The molecule has 0 bridgehead atoms. The standard InChI is InChI=1S/C11H18N2O/c1-10-9-14-11(12-10)8-13-6-4-2-3-5-7-13/h9H,2-8H2,1H3. The Kier molecular flexibility index (Phi) is 3.19. The van der Waals surface area contributed by atoms with E-state index in [1.54, 1.807) is 6.26 Å². The van der Waals surface area contributed by atoms with E-state index in [0.717, 1.165) is 18.1 Å². The van der Waals surface area contributed by atoms with Gasteiger partial charge in [-0.05, 0) is 32.9 Å². The van der Waals surface area contributed by atoms with E-state index in [4.69, 9.17) is 4.42 Å². The minimum Gasteiger partial charge on any atom is -0.447 e. The zero-order valence-electron chi connectivity index (χ0n) is 8.83. The van der Waals surface area contributed by atoms with Gasteiger partial charge in [0.15, 0.2) is 0 Å². The van der Waals surface area contributed by atoms with Crippen molar-refractivity contribution in [2.75, 3.05) is 13.1 Å². The minimum atomic E-state index is 0.865. The number of aromatic nitrogens is 1. The second-order valence-corrected chi connectivity index (χ2v) is 4.07. The Balaban J connectivity index is 1.89. The summed E-state index contributed by atoms with van der Waals surface area (Å²) in [5.74, 6) is 0.865. The fraction of sp³-hybridized carbons (Fsp3) is 0.727. The summed E-state index contributed by atoms with van der Waals surface area (Å²) in [4.78, 5) is 6.77. The lowest BCUT2D eigenvalue weighted by molar-refractivity contribution is 0.248. The molecule has 3 nitrogen and oxygen atoms in total. The van der Waals surface area contributed by atoms with Crippen LogP contribution in [0.5, 0.6) is 0 Å². The number of nitrogens with zero attached hydrogens (tertiary/aromatic N) is 2. The fourth-order valence-electron chi connectivity index (χ4n) is 1.96. The summed E-state index contributed by atoms with van der Waals surface area (Å²) >= 11 is 0. The van der Waals surface area contributed by atoms with Gasteiger partial charge < -0.3 is 4.42 Å². The lowest BCUT2D eigenvalue weighted by Crippen LogP contribution is -2.24. The van der Waals surface area contributed by atoms with Crippen molar-refractivity contribution in [1.82, 2.24) is 9.88 Å². The quantitative estimate of drug-likeness (QED) is 0.723. The van der Waals surface area contributed by atoms with Crippen molar-refractivity contribution in [1.29, 1.82) is 0 Å². The zero-order valence-corrected chi connectivity index (χ0v) is 8.83. The molecule has 0 aromatic carbocycles. The maximum absolute atomic E-state index is 5.36. The molecular weight excluding hydrogens is 176 g/mol. The molecule has 1 fully saturated rings. The third-order valence-corrected chi connectivity index (χ3v) is 2.72. The smallest absolute Gasteiger partial charge is 0.208 e. The highest BCUT2D eigenvalue weighted by Crippen LogP contribution is 2.12. The molecule has 2 heterocycles. The van der Waals surface area contributed by atoms with Gasteiger partial charge in [0.2, 0.25) is 5.89 Å². The monoisotopic (exact) mass is 194 g/mol. The third kappa shape index (κ3) is 2.58. The van der Waals surface area contributed by atoms with Crippen LogP contribution in [0.3, 0.4) is 0 Å². The molecule has 1 aliphatic rings. The third-order valence-electron chi connectivity index (χ3n) is 2.72. The molecule has 0 unspecified atom stereocenters. The van der Waals surface area contributed by atoms with E-state index in [-0.39, 0.29) is 0 Å². The molecule has 0 radical (unpaired) electrons. The number of aryl methyl sites for hydroxylation is 1. The van der Waals surface area contributed by atoms with E-state index in [1.165, 1.54) is 38.8 Å². The predicted molar refractivity (Wildman–Crippen MR) is 55.0 cm³/mol. The highest BCUT2D eigenvalue weighted by atomic mass is 16.3. The molecule has 0 amide bonds. The second kappa shape index (κ2) is 4.60. The number of hydrogen-bond acceptors (Lipinski definition) is 3. The molecule has 0 spiro atoms. The first kappa shape index (κ1) is 9.71. The van der Waals surface area contributed by atoms with E-state index in [9.17, 15) is 0 Å². The Labute approximate surface area is 85.1 Å². The van der Waals surface area contributed by atoms with Crippen LogP contribution in [0.2, 0.25) is 0 Å². The summed E-state index contributed by atoms with van der Waals surface area (Å²) in [5.41, 5.74) is 0.981. The average molecular weight is 194 g/mol. The van der Waals surface area contributed by atoms with Crippen molar-refractivity contribution < 1.29 is 4.42 Å². The summed E-state index contributed by atoms with van der Waals surface area (Å²) < 4.78 is 5.36. The maximum Gasteiger partial charge on any atom is 0.208 e. The summed E-state index contributed by atoms with van der Waals surface area (Å²) in [6.45, 7) is 5.24. The van der Waals surface area contributed by atoms with Crippen molar-refractivity contribution >= 4 is 0 Å². The first-order valence-electron chi connectivity index (χ1n) is 5.48. The molecule has 0 saturated carbocycles. The van der Waals surface area contributed by atoms with Gasteiger partial charge in [-0.3, -0.25) is 4.90 Å². The van der Waals surface area contributed by atoms with E-state index in [2.05, 4.69) is 9.88 Å². The Bertz CT molecular complexity index is 275. The first-order valence-corrected chi connectivity index (χ1v) is 5.48. The van der Waals surface area contributed by atoms with Crippen LogP contribution in [0.4, 0.5) is 0 Å². The topological polar surface area (TPSA) is 29.3 Å². The fourth-order valence-corrected chi connectivity index (χ4v) is 1.96. The molecule has 0 aliphatic carbocycles. The van der Waals surface area contributed by atoms with Gasteiger partial charge in [0.25, 0.3) is 0 Å². The van der Waals surface area contributed by atoms with Gasteiger partial charge in [-0.2, -0.15) is 0 Å². The van der Waals surface area contributed by atoms with Crippen molar-refractivity contribution in [2.45, 2.75) is 39.2 Å². The first-order chi connectivity index (χ1) is 6.84. The summed E-state index contributed by atoms with van der Waals surface area (Å²) in [7, 11) is 0. The van der Waals surface area contributed by atoms with Crippen molar-refractivity contribution in [3.8, 4) is 0 Å². The molecule has 1 saturated heterocycles. The molecule has 0 N–H and O–H groups in total. The zero-order chi connectivity index (χ0) is 9.80. The van der Waals surface area contributed by atoms with Gasteiger partial charge in [-0.15, -0.1) is 0 Å². The van der Waals surface area contributed by atoms with Crippen LogP contribution < -0.4 is 0 Å². The molecule has 78 valence electrons. The maximum atomic E-state index is 5.36. The van der Waals surface area contributed by atoms with Gasteiger partial charge in [0.05, 0.1) is 12.2 Å². The molecule has 3 heteroatoms. The summed E-state index contributed by atoms with van der Waals surface area (Å²) in [5, 5.41) is 0. The molecule has 1 aliphatic heterocycles. The number of rotatable bonds is 2. The average Bonchev–Trinajstić information content (AvgIpc) is 2.43. The summed E-state index contributed by atoms with van der Waals surface area (Å²) in [6.07, 6.45) is 7.12. The molecule has 1 aromatic heterocycles.